The molecule has 0 saturated heterocycles. The van der Waals surface area contributed by atoms with E-state index in [0.29, 0.717) is 28.1 Å². The lowest BCUT2D eigenvalue weighted by atomic mass is 10.2. The zero-order valence-corrected chi connectivity index (χ0v) is 19.7. The Morgan fingerprint density at radius 1 is 1.21 bits per heavy atom. The van der Waals surface area contributed by atoms with Gasteiger partial charge in [0, 0.05) is 25.9 Å². The number of benzene rings is 1. The zero-order valence-electron chi connectivity index (χ0n) is 19.7. The van der Waals surface area contributed by atoms with Crippen LogP contribution in [0.15, 0.2) is 42.6 Å². The molecule has 10 nitrogen and oxygen atoms in total. The fourth-order valence-corrected chi connectivity index (χ4v) is 3.38. The van der Waals surface area contributed by atoms with Crippen molar-refractivity contribution >= 4 is 34.4 Å². The van der Waals surface area contributed by atoms with E-state index in [1.807, 2.05) is 19.9 Å². The number of carbonyl (C=O) groups is 1. The molecule has 0 unspecified atom stereocenters. The van der Waals surface area contributed by atoms with Gasteiger partial charge in [0.05, 0.1) is 19.0 Å². The van der Waals surface area contributed by atoms with Crippen molar-refractivity contribution in [3.63, 3.8) is 0 Å². The molecule has 0 aliphatic carbocycles. The normalized spacial score (nSPS) is 10.4. The van der Waals surface area contributed by atoms with Crippen LogP contribution in [0.4, 0.5) is 26.5 Å². The molecule has 3 aromatic heterocycles. The van der Waals surface area contributed by atoms with Crippen LogP contribution in [0.2, 0.25) is 0 Å². The van der Waals surface area contributed by atoms with Crippen LogP contribution in [0, 0.1) is 5.82 Å². The lowest BCUT2D eigenvalue weighted by Gasteiger charge is -2.20. The average molecular weight is 467 g/mol. The second kappa shape index (κ2) is 10.6. The smallest absolute Gasteiger partial charge is 0.413 e. The van der Waals surface area contributed by atoms with E-state index in [4.69, 9.17) is 10.5 Å². The molecular weight excluding hydrogens is 439 g/mol. The highest BCUT2D eigenvalue weighted by molar-refractivity contribution is 5.96. The maximum absolute atomic E-state index is 14.2. The van der Waals surface area contributed by atoms with E-state index in [-0.39, 0.29) is 29.7 Å². The average Bonchev–Trinajstić information content (AvgIpc) is 3.23. The lowest BCUT2D eigenvalue weighted by molar-refractivity contribution is 0.180. The molecule has 178 valence electrons. The molecule has 1 amide bonds. The van der Waals surface area contributed by atoms with Crippen molar-refractivity contribution in [1.29, 1.82) is 0 Å². The highest BCUT2D eigenvalue weighted by Gasteiger charge is 2.24. The number of nitrogens with zero attached hydrogens (tertiary/aromatic N) is 6. The molecule has 0 fully saturated rings. The number of hydrogen-bond donors (Lipinski definition) is 2. The minimum absolute atomic E-state index is 0.0629. The number of nitrogens with one attached hydrogen (secondary N) is 1. The van der Waals surface area contributed by atoms with Gasteiger partial charge in [0.1, 0.15) is 17.2 Å². The fourth-order valence-electron chi connectivity index (χ4n) is 3.38. The Balaban J connectivity index is 0.00000158. The molecule has 4 rings (SSSR count). The van der Waals surface area contributed by atoms with Crippen LogP contribution < -0.4 is 16.0 Å². The van der Waals surface area contributed by atoms with Crippen LogP contribution in [-0.2, 0) is 11.3 Å². The second-order valence-corrected chi connectivity index (χ2v) is 6.88. The number of hydrogen-bond acceptors (Lipinski definition) is 8. The first-order chi connectivity index (χ1) is 16.4. The molecule has 4 aromatic rings. The van der Waals surface area contributed by atoms with Gasteiger partial charge in [0.2, 0.25) is 0 Å². The summed E-state index contributed by atoms with van der Waals surface area (Å²) in [6, 6.07) is 10.1. The standard InChI is InChI=1S/C21H21FN8O2.C2H6/c1-24-19-16(29(2)21(31)32-3)17(23)26-18(27-19)15-13-8-6-10-25-20(13)30(28-15)11-12-7-4-5-9-14(12)22;1-2/h4-10H,11H2,1-3H3,(H3,23,24,26,27);1-2H3. The summed E-state index contributed by atoms with van der Waals surface area (Å²) >= 11 is 0. The van der Waals surface area contributed by atoms with E-state index in [1.165, 1.54) is 25.1 Å². The summed E-state index contributed by atoms with van der Waals surface area (Å²) in [7, 11) is 4.42. The largest absolute Gasteiger partial charge is 0.452 e. The summed E-state index contributed by atoms with van der Waals surface area (Å²) in [4.78, 5) is 26.5. The third-order valence-corrected chi connectivity index (χ3v) is 4.93. The van der Waals surface area contributed by atoms with Crippen molar-refractivity contribution in [2.45, 2.75) is 20.4 Å². The van der Waals surface area contributed by atoms with Gasteiger partial charge in [-0.05, 0) is 18.2 Å². The maximum atomic E-state index is 14.2. The van der Waals surface area contributed by atoms with Crippen molar-refractivity contribution in [2.24, 2.45) is 0 Å². The first-order valence-corrected chi connectivity index (χ1v) is 10.7. The number of carbonyl (C=O) groups excluding carboxylic acids is 1. The van der Waals surface area contributed by atoms with Crippen LogP contribution in [-0.4, -0.2) is 52.0 Å². The second-order valence-electron chi connectivity index (χ2n) is 6.88. The monoisotopic (exact) mass is 466 g/mol. The van der Waals surface area contributed by atoms with Gasteiger partial charge in [-0.1, -0.05) is 32.0 Å². The van der Waals surface area contributed by atoms with Gasteiger partial charge in [-0.3, -0.25) is 4.90 Å². The van der Waals surface area contributed by atoms with Crippen molar-refractivity contribution in [2.75, 3.05) is 37.2 Å². The van der Waals surface area contributed by atoms with Crippen LogP contribution in [0.25, 0.3) is 22.6 Å². The lowest BCUT2D eigenvalue weighted by Crippen LogP contribution is -2.28. The topological polar surface area (TPSA) is 124 Å². The Hall–Kier alpha value is -4.28. The van der Waals surface area contributed by atoms with E-state index in [0.717, 1.165) is 0 Å². The summed E-state index contributed by atoms with van der Waals surface area (Å²) < 4.78 is 20.6. The first kappa shape index (κ1) is 24.4. The predicted octanol–water partition coefficient (Wildman–Crippen LogP) is 3.93. The number of fused-ring (bicyclic) bond motifs is 1. The van der Waals surface area contributed by atoms with E-state index in [1.54, 1.807) is 42.2 Å². The predicted molar refractivity (Wildman–Crippen MR) is 130 cm³/mol. The molecule has 34 heavy (non-hydrogen) atoms. The summed E-state index contributed by atoms with van der Waals surface area (Å²) in [6.07, 6.45) is 1.02. The molecule has 1 aromatic carbocycles. The van der Waals surface area contributed by atoms with E-state index < -0.39 is 6.09 Å². The summed E-state index contributed by atoms with van der Waals surface area (Å²) in [5, 5.41) is 8.22. The quantitative estimate of drug-likeness (QED) is 0.453. The summed E-state index contributed by atoms with van der Waals surface area (Å²) in [5.74, 6) is 0.287. The number of methoxy groups -OCH3 is 1. The third kappa shape index (κ3) is 4.58. The van der Waals surface area contributed by atoms with Crippen LogP contribution >= 0.6 is 0 Å². The van der Waals surface area contributed by atoms with E-state index in [2.05, 4.69) is 25.4 Å². The van der Waals surface area contributed by atoms with Crippen molar-refractivity contribution in [1.82, 2.24) is 24.7 Å². The molecule has 11 heteroatoms. The number of nitrogens with two attached hydrogens (primary N) is 1. The highest BCUT2D eigenvalue weighted by Crippen LogP contribution is 2.33. The van der Waals surface area contributed by atoms with Crippen LogP contribution in [0.5, 0.6) is 0 Å². The van der Waals surface area contributed by atoms with Crippen LogP contribution in [0.1, 0.15) is 19.4 Å². The molecule has 0 aliphatic rings. The Morgan fingerprint density at radius 3 is 2.62 bits per heavy atom. The van der Waals surface area contributed by atoms with E-state index in [9.17, 15) is 9.18 Å². The third-order valence-electron chi connectivity index (χ3n) is 4.93. The molecular formula is C23H27FN8O2. The fraction of sp³-hybridized carbons (Fsp3) is 0.261. The minimum atomic E-state index is -0.617. The van der Waals surface area contributed by atoms with Crippen molar-refractivity contribution in [3.8, 4) is 11.5 Å². The Kier molecular flexibility index (Phi) is 7.57. The molecule has 0 radical (unpaired) electrons. The first-order valence-electron chi connectivity index (χ1n) is 10.7. The number of halogens is 1. The molecule has 3 N–H and O–H groups in total. The van der Waals surface area contributed by atoms with Gasteiger partial charge < -0.3 is 15.8 Å². The Morgan fingerprint density at radius 2 is 1.94 bits per heavy atom. The Labute approximate surface area is 196 Å². The SMILES string of the molecule is CC.CNc1nc(-c2nn(Cc3ccccc3F)c3ncccc23)nc(N)c1N(C)C(=O)OC. The minimum Gasteiger partial charge on any atom is -0.452 e. The van der Waals surface area contributed by atoms with Gasteiger partial charge in [-0.25, -0.2) is 28.8 Å². The molecule has 0 bridgehead atoms. The summed E-state index contributed by atoms with van der Waals surface area (Å²) in [6.45, 7) is 4.18. The van der Waals surface area contributed by atoms with Crippen LogP contribution in [0.3, 0.4) is 0 Å². The number of nitrogen functional groups attached to an aromatic ring is 1. The molecule has 0 atom stereocenters. The van der Waals surface area contributed by atoms with Gasteiger partial charge in [-0.15, -0.1) is 0 Å². The number of pyridine rings is 1. The number of rotatable bonds is 5. The number of amides is 1. The number of aromatic nitrogens is 5. The summed E-state index contributed by atoms with van der Waals surface area (Å²) in [5.41, 5.74) is 7.91. The molecule has 0 saturated carbocycles. The maximum Gasteiger partial charge on any atom is 0.413 e. The molecule has 3 heterocycles. The number of anilines is 3. The van der Waals surface area contributed by atoms with E-state index >= 15 is 0 Å². The Bertz CT molecular complexity index is 1310. The molecule has 0 aliphatic heterocycles. The van der Waals surface area contributed by atoms with Gasteiger partial charge in [0.15, 0.2) is 23.1 Å². The van der Waals surface area contributed by atoms with Gasteiger partial charge in [0.25, 0.3) is 0 Å². The zero-order chi connectivity index (χ0) is 24.8. The van der Waals surface area contributed by atoms with Crippen molar-refractivity contribution < 1.29 is 13.9 Å². The van der Waals surface area contributed by atoms with Gasteiger partial charge >= 0.3 is 6.09 Å². The number of ether oxygens (including phenoxy) is 1. The molecule has 0 spiro atoms. The highest BCUT2D eigenvalue weighted by atomic mass is 19.1. The van der Waals surface area contributed by atoms with Gasteiger partial charge in [-0.2, -0.15) is 5.10 Å². The van der Waals surface area contributed by atoms with Crippen molar-refractivity contribution in [3.05, 3.63) is 54.0 Å².